The molecule has 0 saturated carbocycles. The van der Waals surface area contributed by atoms with Gasteiger partial charge in [0.1, 0.15) is 64.7 Å². The first-order chi connectivity index (χ1) is 26.0. The maximum absolute atomic E-state index is 12.3. The van der Waals surface area contributed by atoms with Crippen LogP contribution >= 0.6 is 34.6 Å². The van der Waals surface area contributed by atoms with Crippen LogP contribution in [0.25, 0.3) is 0 Å². The first kappa shape index (κ1) is 50.9. The van der Waals surface area contributed by atoms with Gasteiger partial charge >= 0.3 is 12.2 Å². The van der Waals surface area contributed by atoms with Crippen LogP contribution in [0.4, 0.5) is 14.0 Å². The fourth-order valence-corrected chi connectivity index (χ4v) is 7.46. The number of halogens is 2. The number of hydrogen-bond acceptors (Lipinski definition) is 15. The Morgan fingerprint density at radius 3 is 1.38 bits per heavy atom. The molecule has 0 aromatic carbocycles. The van der Waals surface area contributed by atoms with Crippen LogP contribution in [0.15, 0.2) is 9.98 Å². The molecule has 4 heterocycles. The molecular formula is C36H68ClFN4O11S2Si. The predicted octanol–water partition coefficient (Wildman–Crippen LogP) is 5.54. The largest absolute Gasteiger partial charge is 0.443 e. The van der Waals surface area contributed by atoms with Crippen molar-refractivity contribution in [2.75, 3.05) is 26.8 Å². The second-order valence-corrected chi connectivity index (χ2v) is 26.3. The van der Waals surface area contributed by atoms with Crippen molar-refractivity contribution in [3.63, 3.8) is 0 Å². The minimum atomic E-state index is -1.39. The summed E-state index contributed by atoms with van der Waals surface area (Å²) in [5.41, 5.74) is -2.18. The van der Waals surface area contributed by atoms with Crippen molar-refractivity contribution in [2.45, 2.75) is 178 Å². The van der Waals surface area contributed by atoms with E-state index >= 15 is 0 Å². The van der Waals surface area contributed by atoms with Crippen LogP contribution in [-0.4, -0.2) is 163 Å². The molecule has 56 heavy (non-hydrogen) atoms. The molecule has 2 saturated heterocycles. The summed E-state index contributed by atoms with van der Waals surface area (Å²) in [6, 6.07) is -1.27. The number of aliphatic hydroxyl groups is 5. The number of aliphatic imine (C=N–C) groups is 2. The van der Waals surface area contributed by atoms with E-state index in [0.717, 1.165) is 0 Å². The highest BCUT2D eigenvalue weighted by Gasteiger charge is 2.50. The van der Waals surface area contributed by atoms with Gasteiger partial charge in [-0.15, -0.1) is 0 Å². The summed E-state index contributed by atoms with van der Waals surface area (Å²) in [6.45, 7) is 27.5. The average molecular weight is 881 g/mol. The van der Waals surface area contributed by atoms with E-state index in [1.807, 2.05) is 13.8 Å². The Hall–Kier alpha value is -1.26. The van der Waals surface area contributed by atoms with Crippen LogP contribution < -0.4 is 0 Å². The van der Waals surface area contributed by atoms with Crippen LogP contribution in [0.5, 0.6) is 0 Å². The predicted molar refractivity (Wildman–Crippen MR) is 224 cm³/mol. The fourth-order valence-electron chi connectivity index (χ4n) is 4.90. The summed E-state index contributed by atoms with van der Waals surface area (Å²) in [4.78, 5) is 36.1. The number of hydrogen-bond donors (Lipinski definition) is 5. The van der Waals surface area contributed by atoms with Gasteiger partial charge in [0, 0.05) is 13.1 Å². The molecule has 0 radical (unpaired) electrons. The number of nitrogens with zero attached hydrogens (tertiary/aromatic N) is 4. The average Bonchev–Trinajstić information content (AvgIpc) is 3.68. The summed E-state index contributed by atoms with van der Waals surface area (Å²) in [5.74, 6) is 0. The van der Waals surface area contributed by atoms with Crippen molar-refractivity contribution >= 4 is 64.5 Å². The molecule has 2 fully saturated rings. The molecule has 4 rings (SSSR count). The molecule has 4 aliphatic rings. The Balaban J connectivity index is 0.000000454. The maximum atomic E-state index is 12.3. The molecular weight excluding hydrogens is 811 g/mol. The van der Waals surface area contributed by atoms with Crippen LogP contribution in [0.3, 0.4) is 0 Å². The number of carbonyl (C=O) groups is 2. The van der Waals surface area contributed by atoms with Crippen molar-refractivity contribution in [3.8, 4) is 0 Å². The van der Waals surface area contributed by atoms with Crippen LogP contribution in [0.2, 0.25) is 18.1 Å². The number of amidine groups is 2. The standard InChI is InChI=1S/C15H26N2O5S.C14H24N2O6S.C6H15ClSi.CH3F/c1-6-8-10(18)11(19)9-12(21-8)23-13(16-9)17(7-2)14(20)22-15(3,4)5;1-5-16(13(20)22-14(2,3)4)12-15-8-10(19)9(18)7(6-17)21-11(8)23-12;1-6(2,3)8(4,5)7;1-2/h8-12,18-19H,6-7H2,1-5H3;7-11,17-19H,5-6H2,1-4H3;1-5H3;1H3/t8-,9-,10-,11-,12-;7-,8-,9-,10-,11-;;/m11../s1/i;;;1D. The van der Waals surface area contributed by atoms with Gasteiger partial charge in [0.05, 0.1) is 21.2 Å². The smallest absolute Gasteiger partial charge is 0.416 e. The second-order valence-electron chi connectivity index (χ2n) is 16.9. The van der Waals surface area contributed by atoms with Gasteiger partial charge in [0.2, 0.25) is 0 Å². The van der Waals surface area contributed by atoms with Gasteiger partial charge in [-0.1, -0.05) is 64.3 Å². The van der Waals surface area contributed by atoms with Crippen LogP contribution in [-0.2, 0) is 18.9 Å². The Morgan fingerprint density at radius 1 is 0.786 bits per heavy atom. The van der Waals surface area contributed by atoms with Crippen LogP contribution in [0.1, 0.15) is 90.9 Å². The van der Waals surface area contributed by atoms with E-state index in [1.165, 1.54) is 33.3 Å². The minimum Gasteiger partial charge on any atom is -0.443 e. The number of fused-ring (bicyclic) bond motifs is 2. The van der Waals surface area contributed by atoms with E-state index in [1.54, 1.807) is 48.5 Å². The number of carbonyl (C=O) groups excluding carboxylic acids is 2. The zero-order valence-electron chi connectivity index (χ0n) is 36.4. The zero-order valence-corrected chi connectivity index (χ0v) is 38.7. The molecule has 15 nitrogen and oxygen atoms in total. The third kappa shape index (κ3) is 14.8. The monoisotopic (exact) mass is 879 g/mol. The lowest BCUT2D eigenvalue weighted by Crippen LogP contribution is -2.55. The number of thioether (sulfide) groups is 2. The molecule has 0 spiro atoms. The molecule has 2 amide bonds. The van der Waals surface area contributed by atoms with Crippen LogP contribution in [0, 0.1) is 0 Å². The molecule has 328 valence electrons. The Labute approximate surface area is 348 Å². The zero-order chi connectivity index (χ0) is 44.4. The number of aliphatic hydroxyl groups excluding tert-OH is 5. The van der Waals surface area contributed by atoms with Crippen molar-refractivity contribution in [1.82, 2.24) is 9.80 Å². The van der Waals surface area contributed by atoms with E-state index in [4.69, 9.17) is 31.4 Å². The third-order valence-corrected chi connectivity index (χ3v) is 16.6. The van der Waals surface area contributed by atoms with E-state index in [-0.39, 0.29) is 0 Å². The summed E-state index contributed by atoms with van der Waals surface area (Å²) < 4.78 is 37.6. The Kier molecular flexibility index (Phi) is 19.8. The summed E-state index contributed by atoms with van der Waals surface area (Å²) >= 11 is 8.61. The van der Waals surface area contributed by atoms with Gasteiger partial charge < -0.3 is 44.5 Å². The highest BCUT2D eigenvalue weighted by Crippen LogP contribution is 2.40. The normalized spacial score (nSPS) is 30.2. The quantitative estimate of drug-likeness (QED) is 0.174. The molecule has 0 aromatic rings. The van der Waals surface area contributed by atoms with Gasteiger partial charge in [-0.3, -0.25) is 24.2 Å². The first-order valence-corrected chi connectivity index (χ1v) is 24.5. The molecule has 0 aliphatic carbocycles. The molecule has 4 aliphatic heterocycles. The highest BCUT2D eigenvalue weighted by atomic mass is 35.6. The summed E-state index contributed by atoms with van der Waals surface area (Å²) in [7, 11) is -2.39. The fraction of sp³-hybridized carbons (Fsp3) is 0.889. The van der Waals surface area contributed by atoms with Crippen molar-refractivity contribution in [2.24, 2.45) is 9.98 Å². The summed E-state index contributed by atoms with van der Waals surface area (Å²) in [5, 5.41) is 50.8. The van der Waals surface area contributed by atoms with Gasteiger partial charge in [-0.25, -0.2) is 9.59 Å². The van der Waals surface area contributed by atoms with Gasteiger partial charge in [-0.2, -0.15) is 11.1 Å². The van der Waals surface area contributed by atoms with E-state index in [2.05, 4.69) is 43.9 Å². The number of ether oxygens (including phenoxy) is 4. The lowest BCUT2D eigenvalue weighted by molar-refractivity contribution is -0.164. The second kappa shape index (κ2) is 21.8. The SMILES string of the molecule is CC(C)(C)[Si](C)(C)Cl.CCN(C(=O)OC(C)(C)C)C1=N[C@@H]2[C@@H](O)[C@H](O)[C@@H](CO)O[C@@H]2S1.CC[C@H]1O[C@@H]2SC(N(CC)C(=O)OC(C)(C)C)=N[C@@H]2[C@@H](O)[C@@H]1O.[2H]CF. The third-order valence-electron chi connectivity index (χ3n) is 8.99. The number of rotatable bonds is 4. The van der Waals surface area contributed by atoms with Crippen molar-refractivity contribution in [1.29, 1.82) is 0 Å². The molecule has 0 aromatic heterocycles. The Bertz CT molecular complexity index is 1250. The topological polar surface area (TPSA) is 203 Å². The Morgan fingerprint density at radius 2 is 1.11 bits per heavy atom. The lowest BCUT2D eigenvalue weighted by Gasteiger charge is -2.37. The molecule has 0 bridgehead atoms. The molecule has 5 N–H and O–H groups in total. The van der Waals surface area contributed by atoms with E-state index in [9.17, 15) is 39.5 Å². The number of alkyl halides is 1. The first-order valence-electron chi connectivity index (χ1n) is 19.4. The highest BCUT2D eigenvalue weighted by molar-refractivity contribution is 8.14. The minimum absolute atomic E-state index is 0.342. The van der Waals surface area contributed by atoms with Gasteiger partial charge in [-0.05, 0) is 66.8 Å². The maximum Gasteiger partial charge on any atom is 0.416 e. The van der Waals surface area contributed by atoms with Gasteiger partial charge in [0.25, 0.3) is 0 Å². The van der Waals surface area contributed by atoms with Crippen molar-refractivity contribution < 1.29 is 59.8 Å². The van der Waals surface area contributed by atoms with E-state index < -0.39 is 104 Å². The van der Waals surface area contributed by atoms with Gasteiger partial charge in [0.15, 0.2) is 17.7 Å². The van der Waals surface area contributed by atoms with Crippen molar-refractivity contribution in [3.05, 3.63) is 0 Å². The molecule has 0 unspecified atom stereocenters. The van der Waals surface area contributed by atoms with E-state index in [0.29, 0.717) is 34.9 Å². The molecule has 10 atom stereocenters. The molecule has 20 heteroatoms. The summed E-state index contributed by atoms with van der Waals surface area (Å²) in [6.07, 6.45) is -6.06. The number of amides is 2. The lowest BCUT2D eigenvalue weighted by atomic mass is 9.97.